The van der Waals surface area contributed by atoms with E-state index in [1.54, 1.807) is 18.2 Å². The van der Waals surface area contributed by atoms with Crippen LogP contribution in [0.15, 0.2) is 36.5 Å². The van der Waals surface area contributed by atoms with Gasteiger partial charge in [-0.1, -0.05) is 11.6 Å². The molecule has 0 bridgehead atoms. The van der Waals surface area contributed by atoms with Gasteiger partial charge in [0, 0.05) is 15.5 Å². The third kappa shape index (κ3) is 3.11. The van der Waals surface area contributed by atoms with Gasteiger partial charge in [0.1, 0.15) is 5.69 Å². The molecule has 3 N–H and O–H groups in total. The third-order valence-electron chi connectivity index (χ3n) is 2.20. The molecule has 4 nitrogen and oxygen atoms in total. The zero-order valence-electron chi connectivity index (χ0n) is 9.15. The fourth-order valence-electron chi connectivity index (χ4n) is 1.35. The Bertz CT molecular complexity index is 604. The largest absolute Gasteiger partial charge is 0.399 e. The van der Waals surface area contributed by atoms with Crippen molar-refractivity contribution in [2.75, 3.05) is 11.1 Å². The monoisotopic (exact) mass is 373 g/mol. The van der Waals surface area contributed by atoms with Crippen molar-refractivity contribution < 1.29 is 4.79 Å². The Morgan fingerprint density at radius 3 is 2.78 bits per heavy atom. The van der Waals surface area contributed by atoms with Crippen LogP contribution in [0.2, 0.25) is 5.02 Å². The molecule has 0 saturated heterocycles. The van der Waals surface area contributed by atoms with Gasteiger partial charge in [-0.3, -0.25) is 9.78 Å². The summed E-state index contributed by atoms with van der Waals surface area (Å²) in [6, 6.07) is 8.50. The second-order valence-corrected chi connectivity index (χ2v) is 5.21. The Morgan fingerprint density at radius 1 is 1.33 bits per heavy atom. The lowest BCUT2D eigenvalue weighted by Crippen LogP contribution is -2.14. The van der Waals surface area contributed by atoms with Crippen LogP contribution in [0.25, 0.3) is 0 Å². The minimum atomic E-state index is -0.342. The number of carbonyl (C=O) groups excluding carboxylic acids is 1. The first-order valence-electron chi connectivity index (χ1n) is 5.04. The summed E-state index contributed by atoms with van der Waals surface area (Å²) in [5.74, 6) is -0.342. The molecule has 0 aliphatic heterocycles. The van der Waals surface area contributed by atoms with Crippen LogP contribution in [0.3, 0.4) is 0 Å². The van der Waals surface area contributed by atoms with Gasteiger partial charge in [-0.25, -0.2) is 0 Å². The normalized spacial score (nSPS) is 10.1. The molecule has 2 aromatic rings. The summed E-state index contributed by atoms with van der Waals surface area (Å²) in [6.45, 7) is 0. The number of anilines is 2. The Kier molecular flexibility index (Phi) is 4.03. The van der Waals surface area contributed by atoms with Gasteiger partial charge >= 0.3 is 0 Å². The maximum absolute atomic E-state index is 11.9. The number of aromatic nitrogens is 1. The van der Waals surface area contributed by atoms with E-state index in [1.807, 2.05) is 6.07 Å². The van der Waals surface area contributed by atoms with E-state index in [0.717, 1.165) is 3.57 Å². The number of rotatable bonds is 2. The maximum atomic E-state index is 11.9. The van der Waals surface area contributed by atoms with Crippen molar-refractivity contribution in [1.29, 1.82) is 0 Å². The van der Waals surface area contributed by atoms with E-state index < -0.39 is 0 Å². The van der Waals surface area contributed by atoms with Crippen molar-refractivity contribution >= 4 is 51.5 Å². The van der Waals surface area contributed by atoms with Crippen LogP contribution in [0.4, 0.5) is 11.4 Å². The fourth-order valence-corrected chi connectivity index (χ4v) is 2.25. The molecular weight excluding hydrogens is 365 g/mol. The number of nitrogens with two attached hydrogens (primary N) is 1. The van der Waals surface area contributed by atoms with Crippen LogP contribution in [0, 0.1) is 3.57 Å². The highest BCUT2D eigenvalue weighted by Gasteiger charge is 2.10. The average Bonchev–Trinajstić information content (AvgIpc) is 2.32. The fraction of sp³-hybridized carbons (Fsp3) is 0. The molecule has 0 aliphatic rings. The predicted octanol–water partition coefficient (Wildman–Crippen LogP) is 3.17. The molecule has 1 heterocycles. The number of nitrogens with one attached hydrogen (secondary N) is 1. The standard InChI is InChI=1S/C12H9ClIN3O/c13-9-5-7(14)1-2-10(9)17-12(18)11-6-8(15)3-4-16-11/h1-6H,(H2,15,16)(H,17,18). The van der Waals surface area contributed by atoms with E-state index in [-0.39, 0.29) is 11.6 Å². The molecule has 0 radical (unpaired) electrons. The molecule has 18 heavy (non-hydrogen) atoms. The summed E-state index contributed by atoms with van der Waals surface area (Å²) in [5.41, 5.74) is 6.88. The lowest BCUT2D eigenvalue weighted by Gasteiger charge is -2.07. The number of hydrogen-bond acceptors (Lipinski definition) is 3. The number of nitrogens with zero attached hydrogens (tertiary/aromatic N) is 1. The molecule has 0 atom stereocenters. The van der Waals surface area contributed by atoms with Crippen molar-refractivity contribution in [3.63, 3.8) is 0 Å². The van der Waals surface area contributed by atoms with E-state index in [0.29, 0.717) is 16.4 Å². The molecule has 2 rings (SSSR count). The lowest BCUT2D eigenvalue weighted by atomic mass is 10.2. The molecular formula is C12H9ClIN3O. The molecule has 1 aromatic carbocycles. The summed E-state index contributed by atoms with van der Waals surface area (Å²) in [4.78, 5) is 15.9. The molecule has 0 saturated carbocycles. The Labute approximate surface area is 123 Å². The van der Waals surface area contributed by atoms with Crippen LogP contribution in [-0.4, -0.2) is 10.9 Å². The van der Waals surface area contributed by atoms with Gasteiger partial charge in [-0.15, -0.1) is 0 Å². The van der Waals surface area contributed by atoms with Crippen molar-refractivity contribution in [2.24, 2.45) is 0 Å². The second-order valence-electron chi connectivity index (χ2n) is 3.55. The molecule has 1 aromatic heterocycles. The summed E-state index contributed by atoms with van der Waals surface area (Å²) >= 11 is 8.17. The van der Waals surface area contributed by atoms with Crippen molar-refractivity contribution in [3.8, 4) is 0 Å². The highest BCUT2D eigenvalue weighted by molar-refractivity contribution is 14.1. The number of amides is 1. The zero-order valence-corrected chi connectivity index (χ0v) is 12.1. The maximum Gasteiger partial charge on any atom is 0.274 e. The van der Waals surface area contributed by atoms with E-state index in [4.69, 9.17) is 17.3 Å². The number of carbonyl (C=O) groups is 1. The SMILES string of the molecule is Nc1ccnc(C(=O)Nc2ccc(I)cc2Cl)c1. The first-order valence-corrected chi connectivity index (χ1v) is 6.50. The first kappa shape index (κ1) is 13.1. The molecule has 0 fully saturated rings. The van der Waals surface area contributed by atoms with Crippen LogP contribution < -0.4 is 11.1 Å². The Morgan fingerprint density at radius 2 is 2.11 bits per heavy atom. The van der Waals surface area contributed by atoms with Gasteiger partial charge in [0.2, 0.25) is 0 Å². The van der Waals surface area contributed by atoms with Crippen molar-refractivity contribution in [3.05, 3.63) is 50.8 Å². The topological polar surface area (TPSA) is 68.0 Å². The second kappa shape index (κ2) is 5.53. The van der Waals surface area contributed by atoms with E-state index in [2.05, 4.69) is 32.9 Å². The van der Waals surface area contributed by atoms with Crippen LogP contribution in [0.5, 0.6) is 0 Å². The smallest absolute Gasteiger partial charge is 0.274 e. The quantitative estimate of drug-likeness (QED) is 0.795. The zero-order chi connectivity index (χ0) is 13.1. The van der Waals surface area contributed by atoms with Crippen molar-refractivity contribution in [1.82, 2.24) is 4.98 Å². The number of nitrogen functional groups attached to an aromatic ring is 1. The third-order valence-corrected chi connectivity index (χ3v) is 3.18. The van der Waals surface area contributed by atoms with E-state index >= 15 is 0 Å². The molecule has 0 unspecified atom stereocenters. The van der Waals surface area contributed by atoms with Crippen LogP contribution in [-0.2, 0) is 0 Å². The predicted molar refractivity (Wildman–Crippen MR) is 80.8 cm³/mol. The van der Waals surface area contributed by atoms with Gasteiger partial charge in [-0.2, -0.15) is 0 Å². The minimum Gasteiger partial charge on any atom is -0.399 e. The van der Waals surface area contributed by atoms with E-state index in [9.17, 15) is 4.79 Å². The summed E-state index contributed by atoms with van der Waals surface area (Å²) in [6.07, 6.45) is 1.49. The Hall–Kier alpha value is -1.34. The molecule has 6 heteroatoms. The number of halogens is 2. The van der Waals surface area contributed by atoms with Gasteiger partial charge < -0.3 is 11.1 Å². The van der Waals surface area contributed by atoms with Crippen molar-refractivity contribution in [2.45, 2.75) is 0 Å². The highest BCUT2D eigenvalue weighted by atomic mass is 127. The molecule has 92 valence electrons. The Balaban J connectivity index is 2.21. The number of hydrogen-bond donors (Lipinski definition) is 2. The lowest BCUT2D eigenvalue weighted by molar-refractivity contribution is 0.102. The van der Waals surface area contributed by atoms with Gasteiger partial charge in [0.15, 0.2) is 0 Å². The van der Waals surface area contributed by atoms with Crippen LogP contribution >= 0.6 is 34.2 Å². The van der Waals surface area contributed by atoms with Gasteiger partial charge in [0.05, 0.1) is 10.7 Å². The molecule has 1 amide bonds. The minimum absolute atomic E-state index is 0.254. The van der Waals surface area contributed by atoms with E-state index in [1.165, 1.54) is 12.3 Å². The van der Waals surface area contributed by atoms with Gasteiger partial charge in [-0.05, 0) is 52.9 Å². The molecule has 0 aliphatic carbocycles. The average molecular weight is 374 g/mol. The summed E-state index contributed by atoms with van der Waals surface area (Å²) < 4.78 is 0.998. The van der Waals surface area contributed by atoms with Gasteiger partial charge in [0.25, 0.3) is 5.91 Å². The van der Waals surface area contributed by atoms with Crippen LogP contribution in [0.1, 0.15) is 10.5 Å². The summed E-state index contributed by atoms with van der Waals surface area (Å²) in [7, 11) is 0. The number of benzene rings is 1. The highest BCUT2D eigenvalue weighted by Crippen LogP contribution is 2.24. The first-order chi connectivity index (χ1) is 8.56. The summed E-state index contributed by atoms with van der Waals surface area (Å²) in [5, 5.41) is 3.17. The number of pyridine rings is 1. The molecule has 0 spiro atoms.